The molecule has 0 saturated carbocycles. The summed E-state index contributed by atoms with van der Waals surface area (Å²) >= 11 is 0. The Bertz CT molecular complexity index is 1220. The summed E-state index contributed by atoms with van der Waals surface area (Å²) in [6, 6.07) is 8.09. The van der Waals surface area contributed by atoms with Crippen LogP contribution in [0.3, 0.4) is 0 Å². The predicted octanol–water partition coefficient (Wildman–Crippen LogP) is 2.77. The van der Waals surface area contributed by atoms with Crippen LogP contribution in [0.25, 0.3) is 11.1 Å². The average Bonchev–Trinajstić information content (AvgIpc) is 3.55. The Morgan fingerprint density at radius 1 is 1.26 bits per heavy atom. The van der Waals surface area contributed by atoms with Crippen LogP contribution in [0.5, 0.6) is 0 Å². The van der Waals surface area contributed by atoms with Crippen molar-refractivity contribution >= 4 is 17.5 Å². The van der Waals surface area contributed by atoms with Gasteiger partial charge in [-0.15, -0.1) is 5.10 Å². The van der Waals surface area contributed by atoms with Crippen molar-refractivity contribution in [3.8, 4) is 11.1 Å². The number of carbonyl (C=O) groups excluding carboxylic acids is 1. The Kier molecular flexibility index (Phi) is 5.48. The summed E-state index contributed by atoms with van der Waals surface area (Å²) in [5.74, 6) is -0.483. The summed E-state index contributed by atoms with van der Waals surface area (Å²) in [6.45, 7) is 3.98. The van der Waals surface area contributed by atoms with Gasteiger partial charge in [0.1, 0.15) is 17.6 Å². The first-order chi connectivity index (χ1) is 16.3. The van der Waals surface area contributed by atoms with Gasteiger partial charge in [-0.25, -0.2) is 13.9 Å². The topological polar surface area (TPSA) is 115 Å². The van der Waals surface area contributed by atoms with E-state index in [1.54, 1.807) is 61.4 Å². The Hall–Kier alpha value is -3.86. The second kappa shape index (κ2) is 8.49. The first-order valence-corrected chi connectivity index (χ1v) is 10.8. The molecule has 2 aliphatic rings. The molecule has 1 N–H and O–H groups in total. The standard InChI is InChI=1S/C23H23FN6O4/c1-23(2,32)21-10-20(27-34-21)19-6-3-14(11-25-19)17-5-4-15(9-18(17)24)30-13-16(33-22(30)31)12-29-8-7-26-28-29/h3-9,11,16,21,32H,10,12-13H2,1-2H3/t16-,21?/m0/s1. The van der Waals surface area contributed by atoms with Crippen LogP contribution in [-0.4, -0.2) is 61.2 Å². The number of rotatable bonds is 6. The largest absolute Gasteiger partial charge is 0.442 e. The van der Waals surface area contributed by atoms with E-state index in [2.05, 4.69) is 20.5 Å². The number of hydrogen-bond acceptors (Lipinski definition) is 8. The van der Waals surface area contributed by atoms with Crippen LogP contribution >= 0.6 is 0 Å². The number of hydrogen-bond donors (Lipinski definition) is 1. The average molecular weight is 466 g/mol. The van der Waals surface area contributed by atoms with Crippen LogP contribution in [0.1, 0.15) is 26.0 Å². The van der Waals surface area contributed by atoms with Crippen molar-refractivity contribution < 1.29 is 23.9 Å². The number of cyclic esters (lactones) is 1. The van der Waals surface area contributed by atoms with Gasteiger partial charge in [-0.3, -0.25) is 9.88 Å². The fourth-order valence-corrected chi connectivity index (χ4v) is 3.90. The summed E-state index contributed by atoms with van der Waals surface area (Å²) < 4.78 is 22.0. The Morgan fingerprint density at radius 2 is 2.12 bits per heavy atom. The first kappa shape index (κ1) is 22.0. The smallest absolute Gasteiger partial charge is 0.414 e. The molecule has 11 heteroatoms. The zero-order valence-electron chi connectivity index (χ0n) is 18.6. The number of ether oxygens (including phenoxy) is 1. The maximum Gasteiger partial charge on any atom is 0.414 e. The van der Waals surface area contributed by atoms with E-state index in [4.69, 9.17) is 9.57 Å². The fourth-order valence-electron chi connectivity index (χ4n) is 3.90. The summed E-state index contributed by atoms with van der Waals surface area (Å²) in [4.78, 5) is 23.4. The van der Waals surface area contributed by atoms with E-state index in [9.17, 15) is 9.90 Å². The van der Waals surface area contributed by atoms with Crippen molar-refractivity contribution in [1.29, 1.82) is 0 Å². The highest BCUT2D eigenvalue weighted by atomic mass is 19.1. The lowest BCUT2D eigenvalue weighted by molar-refractivity contribution is -0.0719. The van der Waals surface area contributed by atoms with Crippen molar-refractivity contribution in [2.75, 3.05) is 11.4 Å². The van der Waals surface area contributed by atoms with Crippen LogP contribution in [-0.2, 0) is 16.1 Å². The van der Waals surface area contributed by atoms with Gasteiger partial charge in [0.15, 0.2) is 6.10 Å². The van der Waals surface area contributed by atoms with Crippen molar-refractivity contribution in [1.82, 2.24) is 20.0 Å². The molecule has 0 radical (unpaired) electrons. The second-order valence-electron chi connectivity index (χ2n) is 8.83. The number of pyridine rings is 1. The maximum absolute atomic E-state index is 15.0. The molecule has 2 aliphatic heterocycles. The molecule has 5 rings (SSSR count). The van der Waals surface area contributed by atoms with E-state index >= 15 is 4.39 Å². The van der Waals surface area contributed by atoms with Gasteiger partial charge in [-0.05, 0) is 38.1 Å². The number of oxime groups is 1. The molecule has 10 nitrogen and oxygen atoms in total. The highest BCUT2D eigenvalue weighted by Crippen LogP contribution is 2.30. The van der Waals surface area contributed by atoms with E-state index in [1.165, 1.54) is 11.0 Å². The highest BCUT2D eigenvalue weighted by molar-refractivity contribution is 6.00. The summed E-state index contributed by atoms with van der Waals surface area (Å²) in [5.41, 5.74) is 1.56. The minimum atomic E-state index is -1.02. The summed E-state index contributed by atoms with van der Waals surface area (Å²) in [6.07, 6.45) is 3.84. The van der Waals surface area contributed by atoms with Gasteiger partial charge >= 0.3 is 6.09 Å². The van der Waals surface area contributed by atoms with Gasteiger partial charge < -0.3 is 14.7 Å². The Balaban J connectivity index is 1.28. The number of nitrogens with zero attached hydrogens (tertiary/aromatic N) is 6. The first-order valence-electron chi connectivity index (χ1n) is 10.8. The summed E-state index contributed by atoms with van der Waals surface area (Å²) in [5, 5.41) is 21.7. The molecule has 1 amide bonds. The van der Waals surface area contributed by atoms with Gasteiger partial charge in [0.2, 0.25) is 0 Å². The number of anilines is 1. The molecule has 4 heterocycles. The quantitative estimate of drug-likeness (QED) is 0.594. The number of aromatic nitrogens is 4. The van der Waals surface area contributed by atoms with Crippen LogP contribution in [0.2, 0.25) is 0 Å². The summed E-state index contributed by atoms with van der Waals surface area (Å²) in [7, 11) is 0. The molecule has 1 fully saturated rings. The molecular weight excluding hydrogens is 443 g/mol. The van der Waals surface area contributed by atoms with E-state index in [1.807, 2.05) is 0 Å². The van der Waals surface area contributed by atoms with E-state index < -0.39 is 29.7 Å². The molecule has 0 bridgehead atoms. The molecule has 34 heavy (non-hydrogen) atoms. The monoisotopic (exact) mass is 466 g/mol. The molecular formula is C23H23FN6O4. The Morgan fingerprint density at radius 3 is 2.76 bits per heavy atom. The molecule has 1 aromatic carbocycles. The Labute approximate surface area is 194 Å². The molecule has 1 saturated heterocycles. The van der Waals surface area contributed by atoms with Crippen molar-refractivity contribution in [2.45, 2.75) is 44.6 Å². The zero-order chi connectivity index (χ0) is 23.9. The van der Waals surface area contributed by atoms with E-state index in [0.29, 0.717) is 41.2 Å². The zero-order valence-corrected chi connectivity index (χ0v) is 18.6. The maximum atomic E-state index is 15.0. The highest BCUT2D eigenvalue weighted by Gasteiger charge is 2.35. The number of halogens is 1. The lowest BCUT2D eigenvalue weighted by atomic mass is 9.96. The van der Waals surface area contributed by atoms with Gasteiger partial charge in [-0.1, -0.05) is 16.4 Å². The fraction of sp³-hybridized carbons (Fsp3) is 0.348. The second-order valence-corrected chi connectivity index (χ2v) is 8.83. The number of amides is 1. The van der Waals surface area contributed by atoms with Gasteiger partial charge in [0, 0.05) is 29.9 Å². The van der Waals surface area contributed by atoms with Crippen molar-refractivity contribution in [3.05, 3.63) is 60.4 Å². The van der Waals surface area contributed by atoms with Gasteiger partial charge in [0.25, 0.3) is 0 Å². The lowest BCUT2D eigenvalue weighted by Crippen LogP contribution is -2.36. The molecule has 1 unspecified atom stereocenters. The third kappa shape index (κ3) is 4.34. The van der Waals surface area contributed by atoms with Crippen molar-refractivity contribution in [2.24, 2.45) is 5.16 Å². The third-order valence-electron chi connectivity index (χ3n) is 5.83. The minimum Gasteiger partial charge on any atom is -0.442 e. The van der Waals surface area contributed by atoms with Crippen LogP contribution < -0.4 is 4.90 Å². The molecule has 0 aliphatic carbocycles. The van der Waals surface area contributed by atoms with E-state index in [-0.39, 0.29) is 6.54 Å². The lowest BCUT2D eigenvalue weighted by Gasteiger charge is -2.22. The van der Waals surface area contributed by atoms with Crippen LogP contribution in [0, 0.1) is 5.82 Å². The number of carbonyl (C=O) groups is 1. The number of aliphatic hydroxyl groups is 1. The normalized spacial score (nSPS) is 20.3. The van der Waals surface area contributed by atoms with Gasteiger partial charge in [-0.2, -0.15) is 0 Å². The molecule has 2 atom stereocenters. The van der Waals surface area contributed by atoms with Crippen LogP contribution in [0.15, 0.2) is 54.1 Å². The van der Waals surface area contributed by atoms with Crippen molar-refractivity contribution in [3.63, 3.8) is 0 Å². The third-order valence-corrected chi connectivity index (χ3v) is 5.83. The predicted molar refractivity (Wildman–Crippen MR) is 120 cm³/mol. The molecule has 2 aromatic heterocycles. The minimum absolute atomic E-state index is 0.281. The van der Waals surface area contributed by atoms with Gasteiger partial charge in [0.05, 0.1) is 36.3 Å². The van der Waals surface area contributed by atoms with E-state index in [0.717, 1.165) is 0 Å². The molecule has 176 valence electrons. The molecule has 0 spiro atoms. The number of benzene rings is 1. The molecule has 3 aromatic rings. The SMILES string of the molecule is CC(C)(O)C1CC(c2ccc(-c3ccc(N4C[C@H](Cn5ccnn5)OC4=O)cc3F)cn2)=NO1. The van der Waals surface area contributed by atoms with Crippen LogP contribution in [0.4, 0.5) is 14.9 Å².